The van der Waals surface area contributed by atoms with E-state index in [1.54, 1.807) is 6.92 Å². The van der Waals surface area contributed by atoms with Crippen molar-refractivity contribution in [3.63, 3.8) is 0 Å². The van der Waals surface area contributed by atoms with Crippen molar-refractivity contribution in [3.8, 4) is 0 Å². The molecule has 1 aromatic heterocycles. The Morgan fingerprint density at radius 2 is 2.21 bits per heavy atom. The molecule has 1 atom stereocenters. The average Bonchev–Trinajstić information content (AvgIpc) is 3.11. The van der Waals surface area contributed by atoms with Crippen molar-refractivity contribution in [2.75, 3.05) is 19.8 Å². The van der Waals surface area contributed by atoms with Gasteiger partial charge in [-0.15, -0.1) is 0 Å². The molecule has 2 N–H and O–H groups in total. The maximum Gasteiger partial charge on any atom is 0.255 e. The molecule has 0 aliphatic heterocycles. The molecule has 19 heavy (non-hydrogen) atoms. The second kappa shape index (κ2) is 6.30. The number of ether oxygens (including phenoxy) is 1. The summed E-state index contributed by atoms with van der Waals surface area (Å²) in [6.45, 7) is 7.97. The molecule has 0 radical (unpaired) electrons. The fourth-order valence-electron chi connectivity index (χ4n) is 2.23. The van der Waals surface area contributed by atoms with Crippen molar-refractivity contribution in [2.24, 2.45) is 5.92 Å². The number of hydrogen-bond donors (Lipinski definition) is 2. The number of nitrogens with one attached hydrogen (secondary N) is 2. The third kappa shape index (κ3) is 4.14. The van der Waals surface area contributed by atoms with Gasteiger partial charge in [0.25, 0.3) is 5.56 Å². The zero-order valence-corrected chi connectivity index (χ0v) is 12.0. The Balaban J connectivity index is 1.81. The minimum absolute atomic E-state index is 0.0126. The average molecular weight is 265 g/mol. The number of nitrogens with zero attached hydrogens (tertiary/aromatic N) is 1. The van der Waals surface area contributed by atoms with Crippen LogP contribution in [0.1, 0.15) is 42.9 Å². The number of rotatable bonds is 7. The van der Waals surface area contributed by atoms with Gasteiger partial charge in [-0.25, -0.2) is 4.98 Å². The van der Waals surface area contributed by atoms with Crippen molar-refractivity contribution < 1.29 is 4.74 Å². The fourth-order valence-corrected chi connectivity index (χ4v) is 2.23. The first-order valence-electron chi connectivity index (χ1n) is 6.96. The zero-order valence-electron chi connectivity index (χ0n) is 12.0. The summed E-state index contributed by atoms with van der Waals surface area (Å²) in [6, 6.07) is -0.0126. The number of aromatic nitrogens is 2. The minimum Gasteiger partial charge on any atom is -0.380 e. The van der Waals surface area contributed by atoms with Crippen molar-refractivity contribution in [1.82, 2.24) is 15.3 Å². The second-order valence-corrected chi connectivity index (χ2v) is 5.34. The van der Waals surface area contributed by atoms with Gasteiger partial charge in [0.2, 0.25) is 0 Å². The summed E-state index contributed by atoms with van der Waals surface area (Å²) in [4.78, 5) is 19.0. The van der Waals surface area contributed by atoms with Crippen molar-refractivity contribution in [1.29, 1.82) is 0 Å². The van der Waals surface area contributed by atoms with Crippen LogP contribution in [0.15, 0.2) is 4.79 Å². The van der Waals surface area contributed by atoms with E-state index in [1.165, 1.54) is 12.8 Å². The Hall–Kier alpha value is -1.20. The molecule has 1 aromatic rings. The molecule has 1 unspecified atom stereocenters. The highest BCUT2D eigenvalue weighted by Crippen LogP contribution is 2.28. The molecule has 1 aliphatic carbocycles. The zero-order chi connectivity index (χ0) is 13.8. The maximum absolute atomic E-state index is 11.9. The normalized spacial score (nSPS) is 16.6. The molecule has 5 heteroatoms. The summed E-state index contributed by atoms with van der Waals surface area (Å²) in [5.41, 5.74) is 1.46. The predicted octanol–water partition coefficient (Wildman–Crippen LogP) is 1.46. The molecule has 0 aromatic carbocycles. The van der Waals surface area contributed by atoms with Gasteiger partial charge in [-0.05, 0) is 39.5 Å². The summed E-state index contributed by atoms with van der Waals surface area (Å²) < 4.78 is 5.56. The van der Waals surface area contributed by atoms with Gasteiger partial charge in [0.1, 0.15) is 5.82 Å². The van der Waals surface area contributed by atoms with Crippen molar-refractivity contribution in [3.05, 3.63) is 27.4 Å². The lowest BCUT2D eigenvalue weighted by atomic mass is 10.1. The van der Waals surface area contributed by atoms with Crippen LogP contribution in [0.3, 0.4) is 0 Å². The highest BCUT2D eigenvalue weighted by atomic mass is 16.5. The third-order valence-corrected chi connectivity index (χ3v) is 3.44. The van der Waals surface area contributed by atoms with Gasteiger partial charge in [0.05, 0.1) is 12.2 Å². The molecule has 1 fully saturated rings. The largest absolute Gasteiger partial charge is 0.380 e. The number of hydrogen-bond acceptors (Lipinski definition) is 4. The predicted molar refractivity (Wildman–Crippen MR) is 74.3 cm³/mol. The lowest BCUT2D eigenvalue weighted by molar-refractivity contribution is 0.124. The van der Waals surface area contributed by atoms with Crippen molar-refractivity contribution in [2.45, 2.75) is 39.7 Å². The van der Waals surface area contributed by atoms with Gasteiger partial charge in [-0.3, -0.25) is 4.79 Å². The van der Waals surface area contributed by atoms with Crippen molar-refractivity contribution >= 4 is 0 Å². The van der Waals surface area contributed by atoms with E-state index in [1.807, 2.05) is 13.8 Å². The van der Waals surface area contributed by atoms with Gasteiger partial charge < -0.3 is 15.0 Å². The lowest BCUT2D eigenvalue weighted by Gasteiger charge is -2.15. The van der Waals surface area contributed by atoms with Crippen LogP contribution >= 0.6 is 0 Å². The van der Waals surface area contributed by atoms with E-state index >= 15 is 0 Å². The molecule has 0 saturated heterocycles. The molecule has 1 heterocycles. The summed E-state index contributed by atoms with van der Waals surface area (Å²) in [5.74, 6) is 1.45. The highest BCUT2D eigenvalue weighted by molar-refractivity contribution is 5.19. The van der Waals surface area contributed by atoms with Crippen LogP contribution in [0.5, 0.6) is 0 Å². The van der Waals surface area contributed by atoms with E-state index in [2.05, 4.69) is 15.3 Å². The van der Waals surface area contributed by atoms with Gasteiger partial charge in [-0.1, -0.05) is 0 Å². The summed E-state index contributed by atoms with van der Waals surface area (Å²) in [6.07, 6.45) is 2.63. The topological polar surface area (TPSA) is 67.0 Å². The molecule has 2 rings (SSSR count). The van der Waals surface area contributed by atoms with Crippen LogP contribution in [0.25, 0.3) is 0 Å². The van der Waals surface area contributed by atoms with E-state index < -0.39 is 0 Å². The van der Waals surface area contributed by atoms with E-state index in [9.17, 15) is 4.79 Å². The van der Waals surface area contributed by atoms with Crippen LogP contribution in [0.4, 0.5) is 0 Å². The Labute approximate surface area is 113 Å². The number of aryl methyl sites for hydroxylation is 2. The van der Waals surface area contributed by atoms with Crippen LogP contribution in [-0.4, -0.2) is 29.7 Å². The Morgan fingerprint density at radius 1 is 1.47 bits per heavy atom. The number of H-pyrrole nitrogens is 1. The molecular weight excluding hydrogens is 242 g/mol. The summed E-state index contributed by atoms with van der Waals surface area (Å²) in [7, 11) is 0. The highest BCUT2D eigenvalue weighted by Gasteiger charge is 2.21. The molecule has 0 bridgehead atoms. The first-order chi connectivity index (χ1) is 9.08. The van der Waals surface area contributed by atoms with E-state index in [4.69, 9.17) is 4.74 Å². The van der Waals surface area contributed by atoms with Crippen LogP contribution < -0.4 is 10.9 Å². The molecule has 0 spiro atoms. The molecule has 1 aliphatic rings. The molecular formula is C14H23N3O2. The second-order valence-electron chi connectivity index (χ2n) is 5.34. The smallest absolute Gasteiger partial charge is 0.255 e. The molecule has 0 amide bonds. The summed E-state index contributed by atoms with van der Waals surface area (Å²) in [5, 5.41) is 3.31. The van der Waals surface area contributed by atoms with Gasteiger partial charge in [-0.2, -0.15) is 0 Å². The third-order valence-electron chi connectivity index (χ3n) is 3.44. The fraction of sp³-hybridized carbons (Fsp3) is 0.714. The molecule has 5 nitrogen and oxygen atoms in total. The number of aromatic amines is 1. The maximum atomic E-state index is 11.9. The van der Waals surface area contributed by atoms with Crippen LogP contribution in [-0.2, 0) is 4.74 Å². The standard InChI is InChI=1S/C14H23N3O2/c1-9(15-6-7-19-8-12-4-5-12)13-10(2)16-11(3)17-14(13)18/h9,12,15H,4-8H2,1-3H3,(H,16,17,18). The quantitative estimate of drug-likeness (QED) is 0.733. The van der Waals surface area contributed by atoms with Gasteiger partial charge >= 0.3 is 0 Å². The van der Waals surface area contributed by atoms with E-state index in [-0.39, 0.29) is 11.6 Å². The van der Waals surface area contributed by atoms with Gasteiger partial charge in [0, 0.05) is 24.9 Å². The minimum atomic E-state index is -0.0519. The first-order valence-corrected chi connectivity index (χ1v) is 6.96. The van der Waals surface area contributed by atoms with Gasteiger partial charge in [0.15, 0.2) is 0 Å². The van der Waals surface area contributed by atoms with Crippen LogP contribution in [0.2, 0.25) is 0 Å². The molecule has 1 saturated carbocycles. The SMILES string of the molecule is Cc1nc(C)c(C(C)NCCOCC2CC2)c(=O)[nH]1. The lowest BCUT2D eigenvalue weighted by Crippen LogP contribution is -2.30. The Morgan fingerprint density at radius 3 is 2.84 bits per heavy atom. The summed E-state index contributed by atoms with van der Waals surface area (Å²) >= 11 is 0. The van der Waals surface area contributed by atoms with E-state index in [0.29, 0.717) is 18.0 Å². The monoisotopic (exact) mass is 265 g/mol. The first kappa shape index (κ1) is 14.2. The Bertz CT molecular complexity index is 480. The molecule has 106 valence electrons. The Kier molecular flexibility index (Phi) is 4.71. The van der Waals surface area contributed by atoms with Crippen LogP contribution in [0, 0.1) is 19.8 Å². The van der Waals surface area contributed by atoms with E-state index in [0.717, 1.165) is 24.8 Å².